The smallest absolute Gasteiger partial charge is 0.192 e. The molecule has 100 valence electrons. The summed E-state index contributed by atoms with van der Waals surface area (Å²) in [6, 6.07) is 9.97. The monoisotopic (exact) mass is 341 g/mol. The fourth-order valence-corrected chi connectivity index (χ4v) is 3.09. The molecule has 0 atom stereocenters. The van der Waals surface area contributed by atoms with Crippen LogP contribution in [0, 0.1) is 5.82 Å². The van der Waals surface area contributed by atoms with E-state index in [1.165, 1.54) is 23.5 Å². The lowest BCUT2D eigenvalue weighted by Gasteiger charge is -2.21. The normalized spacial score (nSPS) is 10.5. The molecule has 0 aliphatic heterocycles. The number of carbonyl (C=O) groups excluding carboxylic acids is 1. The predicted molar refractivity (Wildman–Crippen MR) is 80.6 cm³/mol. The van der Waals surface area contributed by atoms with E-state index in [1.54, 1.807) is 12.1 Å². The van der Waals surface area contributed by atoms with Crippen LogP contribution in [-0.2, 0) is 0 Å². The van der Waals surface area contributed by atoms with Crippen LogP contribution < -0.4 is 4.90 Å². The van der Waals surface area contributed by atoms with E-state index < -0.39 is 0 Å². The second-order valence-corrected chi connectivity index (χ2v) is 6.48. The van der Waals surface area contributed by atoms with Crippen LogP contribution in [0.4, 0.5) is 10.1 Å². The number of likely N-dealkylation sites (N-methyl/N-ethyl adjacent to an activating group) is 1. The van der Waals surface area contributed by atoms with Crippen molar-refractivity contribution in [1.82, 2.24) is 0 Å². The van der Waals surface area contributed by atoms with Crippen molar-refractivity contribution in [3.63, 3.8) is 0 Å². The van der Waals surface area contributed by atoms with Gasteiger partial charge in [-0.3, -0.25) is 4.79 Å². The molecule has 5 heteroatoms. The van der Waals surface area contributed by atoms with Crippen molar-refractivity contribution in [1.29, 1.82) is 0 Å². The Bertz CT molecular complexity index is 584. The number of halogens is 2. The van der Waals surface area contributed by atoms with Gasteiger partial charge in [0, 0.05) is 12.2 Å². The summed E-state index contributed by atoms with van der Waals surface area (Å²) in [5, 5.41) is 0. The van der Waals surface area contributed by atoms with Gasteiger partial charge in [-0.1, -0.05) is 6.07 Å². The molecule has 0 aliphatic rings. The van der Waals surface area contributed by atoms with Crippen molar-refractivity contribution in [2.75, 3.05) is 18.0 Å². The van der Waals surface area contributed by atoms with Crippen LogP contribution in [0.5, 0.6) is 0 Å². The van der Waals surface area contributed by atoms with Gasteiger partial charge >= 0.3 is 0 Å². The van der Waals surface area contributed by atoms with E-state index >= 15 is 0 Å². The standard InChI is InChI=1S/C14H13BrFNOS/c1-2-17(11-5-3-4-10(16)8-11)9-12(18)13-6-7-14(15)19-13/h3-8H,2,9H2,1H3. The highest BCUT2D eigenvalue weighted by Gasteiger charge is 2.14. The van der Waals surface area contributed by atoms with Crippen molar-refractivity contribution in [3.8, 4) is 0 Å². The molecule has 0 N–H and O–H groups in total. The van der Waals surface area contributed by atoms with Crippen molar-refractivity contribution in [2.45, 2.75) is 6.92 Å². The molecule has 1 aromatic carbocycles. The first-order valence-corrected chi connectivity index (χ1v) is 7.50. The highest BCUT2D eigenvalue weighted by atomic mass is 79.9. The maximum Gasteiger partial charge on any atom is 0.192 e. The van der Waals surface area contributed by atoms with Gasteiger partial charge in [0.25, 0.3) is 0 Å². The maximum atomic E-state index is 13.2. The van der Waals surface area contributed by atoms with Crippen molar-refractivity contribution in [3.05, 3.63) is 50.9 Å². The molecule has 1 aromatic heterocycles. The van der Waals surface area contributed by atoms with Crippen LogP contribution in [0.15, 0.2) is 40.2 Å². The quantitative estimate of drug-likeness (QED) is 0.753. The van der Waals surface area contributed by atoms with Gasteiger partial charge in [-0.25, -0.2) is 4.39 Å². The van der Waals surface area contributed by atoms with E-state index in [0.717, 1.165) is 9.47 Å². The number of nitrogens with zero attached hydrogens (tertiary/aromatic N) is 1. The molecule has 2 aromatic rings. The largest absolute Gasteiger partial charge is 0.364 e. The number of benzene rings is 1. The summed E-state index contributed by atoms with van der Waals surface area (Å²) in [5.41, 5.74) is 0.728. The van der Waals surface area contributed by atoms with E-state index in [0.29, 0.717) is 11.4 Å². The summed E-state index contributed by atoms with van der Waals surface area (Å²) >= 11 is 4.75. The molecule has 0 saturated carbocycles. The van der Waals surface area contributed by atoms with Gasteiger partial charge in [-0.2, -0.15) is 0 Å². The average Bonchev–Trinajstić information content (AvgIpc) is 2.82. The molecule has 0 radical (unpaired) electrons. The molecule has 2 nitrogen and oxygen atoms in total. The minimum Gasteiger partial charge on any atom is -0.364 e. The summed E-state index contributed by atoms with van der Waals surface area (Å²) in [6.07, 6.45) is 0. The van der Waals surface area contributed by atoms with E-state index in [2.05, 4.69) is 15.9 Å². The Hall–Kier alpha value is -1.20. The Kier molecular flexibility index (Phi) is 4.71. The number of Topliss-reactive ketones (excluding diaryl/α,β-unsaturated/α-hetero) is 1. The Balaban J connectivity index is 2.13. The Morgan fingerprint density at radius 3 is 2.74 bits per heavy atom. The maximum absolute atomic E-state index is 13.2. The Labute approximate surface area is 124 Å². The number of rotatable bonds is 5. The second kappa shape index (κ2) is 6.30. The molecule has 0 spiro atoms. The number of hydrogen-bond donors (Lipinski definition) is 0. The Morgan fingerprint density at radius 2 is 2.16 bits per heavy atom. The number of thiophene rings is 1. The number of anilines is 1. The third kappa shape index (κ3) is 3.64. The summed E-state index contributed by atoms with van der Waals surface area (Å²) in [7, 11) is 0. The summed E-state index contributed by atoms with van der Waals surface area (Å²) in [4.78, 5) is 14.7. The van der Waals surface area contributed by atoms with Crippen LogP contribution in [0.2, 0.25) is 0 Å². The van der Waals surface area contributed by atoms with Gasteiger partial charge in [0.1, 0.15) is 5.82 Å². The van der Waals surface area contributed by atoms with Gasteiger partial charge in [0.2, 0.25) is 0 Å². The molecule has 0 unspecified atom stereocenters. The van der Waals surface area contributed by atoms with Crippen molar-refractivity contribution >= 4 is 38.7 Å². The van der Waals surface area contributed by atoms with E-state index in [1.807, 2.05) is 24.0 Å². The summed E-state index contributed by atoms with van der Waals surface area (Å²) in [6.45, 7) is 2.86. The first-order chi connectivity index (χ1) is 9.10. The van der Waals surface area contributed by atoms with Gasteiger partial charge < -0.3 is 4.90 Å². The third-order valence-corrected chi connectivity index (χ3v) is 4.40. The molecule has 0 fully saturated rings. The summed E-state index contributed by atoms with van der Waals surface area (Å²) < 4.78 is 14.1. The molecule has 0 amide bonds. The zero-order chi connectivity index (χ0) is 13.8. The molecular formula is C14H13BrFNOS. The van der Waals surface area contributed by atoms with E-state index in [4.69, 9.17) is 0 Å². The fourth-order valence-electron chi connectivity index (χ4n) is 1.77. The highest BCUT2D eigenvalue weighted by molar-refractivity contribution is 9.11. The lowest BCUT2D eigenvalue weighted by Crippen LogP contribution is -2.29. The second-order valence-electron chi connectivity index (χ2n) is 4.02. The van der Waals surface area contributed by atoms with Gasteiger partial charge in [0.15, 0.2) is 5.78 Å². The zero-order valence-electron chi connectivity index (χ0n) is 10.4. The topological polar surface area (TPSA) is 20.3 Å². The fraction of sp³-hybridized carbons (Fsp3) is 0.214. The van der Waals surface area contributed by atoms with E-state index in [-0.39, 0.29) is 18.1 Å². The molecule has 19 heavy (non-hydrogen) atoms. The highest BCUT2D eigenvalue weighted by Crippen LogP contribution is 2.23. The van der Waals surface area contributed by atoms with Crippen molar-refractivity contribution in [2.24, 2.45) is 0 Å². The molecule has 0 saturated heterocycles. The lowest BCUT2D eigenvalue weighted by atomic mass is 10.2. The molecule has 0 aliphatic carbocycles. The van der Waals surface area contributed by atoms with Crippen LogP contribution in [0.3, 0.4) is 0 Å². The number of ketones is 1. The minimum atomic E-state index is -0.290. The summed E-state index contributed by atoms with van der Waals surface area (Å²) in [5.74, 6) is -0.246. The van der Waals surface area contributed by atoms with Crippen LogP contribution in [-0.4, -0.2) is 18.9 Å². The SMILES string of the molecule is CCN(CC(=O)c1ccc(Br)s1)c1cccc(F)c1. The predicted octanol–water partition coefficient (Wildman–Crippen LogP) is 4.36. The van der Waals surface area contributed by atoms with Crippen LogP contribution >= 0.6 is 27.3 Å². The van der Waals surface area contributed by atoms with Gasteiger partial charge in [0.05, 0.1) is 15.2 Å². The van der Waals surface area contributed by atoms with Crippen molar-refractivity contribution < 1.29 is 9.18 Å². The molecule has 1 heterocycles. The number of carbonyl (C=O) groups is 1. The third-order valence-electron chi connectivity index (χ3n) is 2.74. The molecule has 2 rings (SSSR count). The van der Waals surface area contributed by atoms with Crippen LogP contribution in [0.1, 0.15) is 16.6 Å². The average molecular weight is 342 g/mol. The van der Waals surface area contributed by atoms with Gasteiger partial charge in [-0.05, 0) is 53.2 Å². The van der Waals surface area contributed by atoms with E-state index in [9.17, 15) is 9.18 Å². The van der Waals surface area contributed by atoms with Gasteiger partial charge in [-0.15, -0.1) is 11.3 Å². The molecular weight excluding hydrogens is 329 g/mol. The lowest BCUT2D eigenvalue weighted by molar-refractivity contribution is 0.100. The number of hydrogen-bond acceptors (Lipinski definition) is 3. The first-order valence-electron chi connectivity index (χ1n) is 5.89. The van der Waals surface area contributed by atoms with Crippen LogP contribution in [0.25, 0.3) is 0 Å². The zero-order valence-corrected chi connectivity index (χ0v) is 12.8. The minimum absolute atomic E-state index is 0.0433. The first kappa shape index (κ1) is 14.2. The molecule has 0 bridgehead atoms. The Morgan fingerprint density at radius 1 is 1.37 bits per heavy atom.